The summed E-state index contributed by atoms with van der Waals surface area (Å²) < 4.78 is 43.0. The van der Waals surface area contributed by atoms with Gasteiger partial charge in [-0.3, -0.25) is 18.7 Å². The Kier molecular flexibility index (Phi) is 5.44. The minimum Gasteiger partial charge on any atom is -0.406 e. The Morgan fingerprint density at radius 1 is 1.07 bits per heavy atom. The number of carbonyl (C=O) groups excluding carboxylic acids is 1. The van der Waals surface area contributed by atoms with Crippen molar-refractivity contribution in [3.63, 3.8) is 0 Å². The number of hydrogen-bond acceptors (Lipinski definition) is 4. The van der Waals surface area contributed by atoms with Gasteiger partial charge in [0.05, 0.1) is 10.9 Å². The molecule has 0 radical (unpaired) electrons. The predicted molar refractivity (Wildman–Crippen MR) is 99.9 cm³/mol. The van der Waals surface area contributed by atoms with Crippen molar-refractivity contribution in [2.24, 2.45) is 0 Å². The van der Waals surface area contributed by atoms with Crippen LogP contribution in [-0.4, -0.2) is 21.4 Å². The number of nitrogens with one attached hydrogen (secondary N) is 1. The van der Waals surface area contributed by atoms with Crippen LogP contribution in [0.15, 0.2) is 58.1 Å². The molecule has 0 spiro atoms. The molecule has 1 aromatic heterocycles. The number of aromatic nitrogens is 2. The third-order valence-electron chi connectivity index (χ3n) is 4.10. The first-order valence-corrected chi connectivity index (χ1v) is 8.57. The monoisotopic (exact) mass is 407 g/mol. The number of alkyl halides is 3. The number of carbonyl (C=O) groups is 1. The maximum atomic E-state index is 12.6. The van der Waals surface area contributed by atoms with Gasteiger partial charge in [0.2, 0.25) is 5.91 Å². The molecule has 0 atom stereocenters. The summed E-state index contributed by atoms with van der Waals surface area (Å²) in [5.74, 6) is -1.14. The molecule has 29 heavy (non-hydrogen) atoms. The average Bonchev–Trinajstić information content (AvgIpc) is 2.64. The van der Waals surface area contributed by atoms with Gasteiger partial charge in [0.25, 0.3) is 5.56 Å². The largest absolute Gasteiger partial charge is 0.573 e. The second-order valence-electron chi connectivity index (χ2n) is 6.06. The molecular weight excluding hydrogens is 391 g/mol. The van der Waals surface area contributed by atoms with Gasteiger partial charge in [-0.05, 0) is 31.2 Å². The molecule has 1 amide bonds. The Balaban J connectivity index is 1.91. The van der Waals surface area contributed by atoms with Gasteiger partial charge in [-0.2, -0.15) is 0 Å². The lowest BCUT2D eigenvalue weighted by Crippen LogP contribution is -2.41. The fourth-order valence-corrected chi connectivity index (χ4v) is 2.92. The highest BCUT2D eigenvalue weighted by molar-refractivity contribution is 5.91. The fourth-order valence-electron chi connectivity index (χ4n) is 2.92. The summed E-state index contributed by atoms with van der Waals surface area (Å²) in [5, 5.41) is 2.71. The number of benzene rings is 2. The summed E-state index contributed by atoms with van der Waals surface area (Å²) in [7, 11) is 0. The second kappa shape index (κ2) is 7.82. The van der Waals surface area contributed by atoms with E-state index in [0.717, 1.165) is 21.3 Å². The minimum atomic E-state index is -4.86. The quantitative estimate of drug-likeness (QED) is 0.705. The van der Waals surface area contributed by atoms with Gasteiger partial charge >= 0.3 is 12.1 Å². The maximum absolute atomic E-state index is 12.6. The van der Waals surface area contributed by atoms with Crippen molar-refractivity contribution in [3.8, 4) is 5.75 Å². The zero-order valence-electron chi connectivity index (χ0n) is 15.2. The first-order chi connectivity index (χ1) is 13.7. The molecular formula is C19H16F3N3O4. The zero-order chi connectivity index (χ0) is 21.2. The normalized spacial score (nSPS) is 11.4. The van der Waals surface area contributed by atoms with E-state index in [4.69, 9.17) is 0 Å². The Hall–Kier alpha value is -3.56. The van der Waals surface area contributed by atoms with Crippen molar-refractivity contribution >= 4 is 22.5 Å². The smallest absolute Gasteiger partial charge is 0.406 e. The third-order valence-corrected chi connectivity index (χ3v) is 4.10. The van der Waals surface area contributed by atoms with Crippen molar-refractivity contribution in [1.29, 1.82) is 0 Å². The highest BCUT2D eigenvalue weighted by Crippen LogP contribution is 2.25. The first kappa shape index (κ1) is 20.2. The van der Waals surface area contributed by atoms with Crippen LogP contribution in [0.1, 0.15) is 6.92 Å². The van der Waals surface area contributed by atoms with Crippen molar-refractivity contribution in [3.05, 3.63) is 69.4 Å². The van der Waals surface area contributed by atoms with Crippen molar-refractivity contribution in [2.45, 2.75) is 26.4 Å². The minimum absolute atomic E-state index is 0.0675. The molecule has 1 N–H and O–H groups in total. The molecule has 0 saturated carbocycles. The lowest BCUT2D eigenvalue weighted by Gasteiger charge is -2.14. The number of para-hydroxylation sites is 1. The van der Waals surface area contributed by atoms with Crippen LogP contribution in [0.5, 0.6) is 5.75 Å². The van der Waals surface area contributed by atoms with Gasteiger partial charge in [-0.1, -0.05) is 18.2 Å². The second-order valence-corrected chi connectivity index (χ2v) is 6.06. The Labute approximate surface area is 161 Å². The fraction of sp³-hybridized carbons (Fsp3) is 0.211. The zero-order valence-corrected chi connectivity index (χ0v) is 15.2. The van der Waals surface area contributed by atoms with Crippen LogP contribution in [0.25, 0.3) is 10.9 Å². The van der Waals surface area contributed by atoms with Crippen LogP contribution in [-0.2, 0) is 17.9 Å². The van der Waals surface area contributed by atoms with Crippen LogP contribution in [0.3, 0.4) is 0 Å². The van der Waals surface area contributed by atoms with Crippen LogP contribution in [0, 0.1) is 0 Å². The Morgan fingerprint density at radius 2 is 1.79 bits per heavy atom. The molecule has 3 aromatic rings. The van der Waals surface area contributed by atoms with Gasteiger partial charge < -0.3 is 10.1 Å². The van der Waals surface area contributed by atoms with E-state index in [9.17, 15) is 27.6 Å². The summed E-state index contributed by atoms with van der Waals surface area (Å²) in [6, 6.07) is 11.1. The topological polar surface area (TPSA) is 82.3 Å². The standard InChI is InChI=1S/C19H16F3N3O4/c1-2-24-17(27)14-8-3-4-9-15(14)25(18(24)28)11-16(26)23-12-6-5-7-13(10-12)29-19(20,21)22/h3-10H,2,11H2,1H3,(H,23,26). The molecule has 2 aromatic carbocycles. The van der Waals surface area contributed by atoms with E-state index >= 15 is 0 Å². The molecule has 3 rings (SSSR count). The van der Waals surface area contributed by atoms with Gasteiger partial charge in [-0.25, -0.2) is 4.79 Å². The number of anilines is 1. The van der Waals surface area contributed by atoms with Crippen LogP contribution < -0.4 is 21.3 Å². The number of amides is 1. The van der Waals surface area contributed by atoms with Gasteiger partial charge in [0, 0.05) is 18.3 Å². The van der Waals surface area contributed by atoms with Crippen LogP contribution in [0.2, 0.25) is 0 Å². The lowest BCUT2D eigenvalue weighted by atomic mass is 10.2. The van der Waals surface area contributed by atoms with Gasteiger partial charge in [0.1, 0.15) is 12.3 Å². The molecule has 0 unspecified atom stereocenters. The molecule has 1 heterocycles. The number of halogens is 3. The molecule has 0 fully saturated rings. The van der Waals surface area contributed by atoms with E-state index in [1.54, 1.807) is 31.2 Å². The summed E-state index contributed by atoms with van der Waals surface area (Å²) in [6.45, 7) is 1.33. The van der Waals surface area contributed by atoms with Crippen molar-refractivity contribution in [1.82, 2.24) is 9.13 Å². The average molecular weight is 407 g/mol. The summed E-state index contributed by atoms with van der Waals surface area (Å²) >= 11 is 0. The number of rotatable bonds is 5. The molecule has 10 heteroatoms. The maximum Gasteiger partial charge on any atom is 0.573 e. The summed E-state index contributed by atoms with van der Waals surface area (Å²) in [4.78, 5) is 37.5. The van der Waals surface area contributed by atoms with E-state index < -0.39 is 35.8 Å². The number of hydrogen-bond donors (Lipinski definition) is 1. The van der Waals surface area contributed by atoms with Crippen LogP contribution >= 0.6 is 0 Å². The molecule has 0 aliphatic carbocycles. The Morgan fingerprint density at radius 3 is 2.48 bits per heavy atom. The van der Waals surface area contributed by atoms with Crippen LogP contribution in [0.4, 0.5) is 18.9 Å². The molecule has 7 nitrogen and oxygen atoms in total. The highest BCUT2D eigenvalue weighted by Gasteiger charge is 2.31. The summed E-state index contributed by atoms with van der Waals surface area (Å²) in [6.07, 6.45) is -4.86. The van der Waals surface area contributed by atoms with E-state index in [-0.39, 0.29) is 23.1 Å². The predicted octanol–water partition coefficient (Wildman–Crippen LogP) is 2.72. The molecule has 0 aliphatic rings. The number of fused-ring (bicyclic) bond motifs is 1. The number of ether oxygens (including phenoxy) is 1. The molecule has 0 saturated heterocycles. The highest BCUT2D eigenvalue weighted by atomic mass is 19.4. The third kappa shape index (κ3) is 4.48. The SMILES string of the molecule is CCn1c(=O)c2ccccc2n(CC(=O)Nc2cccc(OC(F)(F)F)c2)c1=O. The van der Waals surface area contributed by atoms with Gasteiger partial charge in [0.15, 0.2) is 0 Å². The Bertz CT molecular complexity index is 1180. The number of nitrogens with zero attached hydrogens (tertiary/aromatic N) is 2. The van der Waals surface area contributed by atoms with Crippen molar-refractivity contribution in [2.75, 3.05) is 5.32 Å². The van der Waals surface area contributed by atoms with E-state index in [0.29, 0.717) is 0 Å². The van der Waals surface area contributed by atoms with E-state index in [2.05, 4.69) is 10.1 Å². The van der Waals surface area contributed by atoms with E-state index in [1.165, 1.54) is 12.1 Å². The molecule has 0 aliphatic heterocycles. The summed E-state index contributed by atoms with van der Waals surface area (Å²) in [5.41, 5.74) is -0.753. The van der Waals surface area contributed by atoms with E-state index in [1.807, 2.05) is 0 Å². The van der Waals surface area contributed by atoms with Gasteiger partial charge in [-0.15, -0.1) is 13.2 Å². The van der Waals surface area contributed by atoms with Crippen molar-refractivity contribution < 1.29 is 22.7 Å². The molecule has 0 bridgehead atoms. The molecule has 152 valence electrons. The lowest BCUT2D eigenvalue weighted by molar-refractivity contribution is -0.274. The first-order valence-electron chi connectivity index (χ1n) is 8.57.